The van der Waals surface area contributed by atoms with E-state index in [1.807, 2.05) is 26.0 Å². The zero-order chi connectivity index (χ0) is 18.1. The van der Waals surface area contributed by atoms with Crippen LogP contribution >= 0.6 is 7.60 Å². The van der Waals surface area contributed by atoms with Crippen molar-refractivity contribution >= 4 is 7.60 Å². The van der Waals surface area contributed by atoms with Gasteiger partial charge in [0.1, 0.15) is 0 Å². The van der Waals surface area contributed by atoms with Crippen molar-refractivity contribution in [3.8, 4) is 11.1 Å². The molecule has 2 aromatic carbocycles. The van der Waals surface area contributed by atoms with Crippen molar-refractivity contribution in [1.29, 1.82) is 0 Å². The minimum atomic E-state index is -3.05. The Morgan fingerprint density at radius 2 is 1.24 bits per heavy atom. The van der Waals surface area contributed by atoms with Crippen LogP contribution in [-0.4, -0.2) is 13.2 Å². The summed E-state index contributed by atoms with van der Waals surface area (Å²) in [5, 5.41) is 0. The molecule has 0 aromatic heterocycles. The molecule has 3 nitrogen and oxygen atoms in total. The lowest BCUT2D eigenvalue weighted by molar-refractivity contribution is 0.219. The minimum absolute atomic E-state index is 0.310. The molecule has 0 fully saturated rings. The molecular formula is C21H29O3P. The zero-order valence-electron chi connectivity index (χ0n) is 15.5. The number of rotatable bonds is 10. The van der Waals surface area contributed by atoms with Crippen molar-refractivity contribution in [3.63, 3.8) is 0 Å². The van der Waals surface area contributed by atoms with Gasteiger partial charge in [0.05, 0.1) is 19.4 Å². The quantitative estimate of drug-likeness (QED) is 0.456. The van der Waals surface area contributed by atoms with Crippen LogP contribution in [0.2, 0.25) is 0 Å². The van der Waals surface area contributed by atoms with E-state index < -0.39 is 7.60 Å². The van der Waals surface area contributed by atoms with Crippen LogP contribution in [-0.2, 0) is 26.2 Å². The van der Waals surface area contributed by atoms with E-state index in [-0.39, 0.29) is 0 Å². The molecule has 2 aromatic rings. The lowest BCUT2D eigenvalue weighted by atomic mass is 10.0. The van der Waals surface area contributed by atoms with Crippen LogP contribution in [0.25, 0.3) is 11.1 Å². The Kier molecular flexibility index (Phi) is 7.90. The molecule has 0 bridgehead atoms. The molecule has 0 radical (unpaired) electrons. The van der Waals surface area contributed by atoms with Gasteiger partial charge in [-0.15, -0.1) is 0 Å². The van der Waals surface area contributed by atoms with Crippen LogP contribution < -0.4 is 0 Å². The second-order valence-electron chi connectivity index (χ2n) is 6.10. The summed E-state index contributed by atoms with van der Waals surface area (Å²) >= 11 is 0. The first kappa shape index (κ1) is 19.9. The van der Waals surface area contributed by atoms with Crippen molar-refractivity contribution < 1.29 is 13.6 Å². The Bertz CT molecular complexity index is 667. The molecule has 136 valence electrons. The van der Waals surface area contributed by atoms with E-state index in [2.05, 4.69) is 43.3 Å². The summed E-state index contributed by atoms with van der Waals surface area (Å²) in [5.41, 5.74) is 4.71. The molecule has 0 N–H and O–H groups in total. The molecule has 0 aliphatic rings. The van der Waals surface area contributed by atoms with Gasteiger partial charge < -0.3 is 9.05 Å². The monoisotopic (exact) mass is 360 g/mol. The third-order valence-corrected chi connectivity index (χ3v) is 6.14. The third-order valence-electron chi connectivity index (χ3n) is 4.09. The van der Waals surface area contributed by atoms with Gasteiger partial charge in [-0.25, -0.2) is 0 Å². The Morgan fingerprint density at radius 1 is 0.760 bits per heavy atom. The Labute approximate surface area is 151 Å². The number of hydrogen-bond acceptors (Lipinski definition) is 3. The predicted molar refractivity (Wildman–Crippen MR) is 105 cm³/mol. The van der Waals surface area contributed by atoms with Crippen molar-refractivity contribution in [2.24, 2.45) is 0 Å². The average Bonchev–Trinajstić information content (AvgIpc) is 2.61. The van der Waals surface area contributed by atoms with Crippen LogP contribution in [0.5, 0.6) is 0 Å². The third kappa shape index (κ3) is 6.11. The fraction of sp³-hybridized carbons (Fsp3) is 0.429. The second kappa shape index (κ2) is 9.91. The first-order valence-electron chi connectivity index (χ1n) is 9.16. The van der Waals surface area contributed by atoms with E-state index in [1.54, 1.807) is 0 Å². The molecule has 25 heavy (non-hydrogen) atoms. The lowest BCUT2D eigenvalue weighted by Crippen LogP contribution is -1.99. The summed E-state index contributed by atoms with van der Waals surface area (Å²) in [6.45, 7) is 6.66. The van der Waals surface area contributed by atoms with Gasteiger partial charge in [0, 0.05) is 0 Å². The number of hydrogen-bond donors (Lipinski definition) is 0. The highest BCUT2D eigenvalue weighted by atomic mass is 31.2. The van der Waals surface area contributed by atoms with E-state index in [0.717, 1.165) is 17.5 Å². The van der Waals surface area contributed by atoms with Gasteiger partial charge in [-0.1, -0.05) is 61.9 Å². The van der Waals surface area contributed by atoms with Crippen molar-refractivity contribution in [3.05, 3.63) is 59.7 Å². The van der Waals surface area contributed by atoms with E-state index in [1.165, 1.54) is 24.0 Å². The van der Waals surface area contributed by atoms with Crippen molar-refractivity contribution in [2.45, 2.75) is 46.2 Å². The molecule has 0 aliphatic carbocycles. The molecule has 0 saturated heterocycles. The summed E-state index contributed by atoms with van der Waals surface area (Å²) in [6, 6.07) is 16.9. The van der Waals surface area contributed by atoms with Crippen LogP contribution in [0.3, 0.4) is 0 Å². The van der Waals surface area contributed by atoms with Gasteiger partial charge in [0.25, 0.3) is 0 Å². The highest BCUT2D eigenvalue weighted by molar-refractivity contribution is 7.53. The zero-order valence-corrected chi connectivity index (χ0v) is 16.4. The van der Waals surface area contributed by atoms with E-state index >= 15 is 0 Å². The highest BCUT2D eigenvalue weighted by Crippen LogP contribution is 2.51. The van der Waals surface area contributed by atoms with Crippen LogP contribution in [0.1, 0.15) is 44.7 Å². The molecule has 0 heterocycles. The van der Waals surface area contributed by atoms with Gasteiger partial charge in [-0.3, -0.25) is 4.57 Å². The summed E-state index contributed by atoms with van der Waals surface area (Å²) in [4.78, 5) is 0. The van der Waals surface area contributed by atoms with E-state index in [0.29, 0.717) is 19.4 Å². The minimum Gasteiger partial charge on any atom is -0.309 e. The fourth-order valence-electron chi connectivity index (χ4n) is 2.79. The normalized spacial score (nSPS) is 11.6. The molecule has 0 saturated carbocycles. The van der Waals surface area contributed by atoms with Gasteiger partial charge in [0.15, 0.2) is 0 Å². The maximum atomic E-state index is 12.6. The fourth-order valence-corrected chi connectivity index (χ4v) is 4.49. The number of aryl methyl sites for hydroxylation is 1. The Hall–Kier alpha value is -1.41. The van der Waals surface area contributed by atoms with Crippen LogP contribution in [0.15, 0.2) is 48.5 Å². The maximum Gasteiger partial charge on any atom is 0.335 e. The maximum absolute atomic E-state index is 12.6. The molecule has 2 rings (SSSR count). The Balaban J connectivity index is 2.07. The van der Waals surface area contributed by atoms with Crippen molar-refractivity contribution in [2.75, 3.05) is 13.2 Å². The van der Waals surface area contributed by atoms with E-state index in [9.17, 15) is 4.57 Å². The molecule has 0 amide bonds. The molecule has 0 unspecified atom stereocenters. The van der Waals surface area contributed by atoms with E-state index in [4.69, 9.17) is 9.05 Å². The first-order chi connectivity index (χ1) is 12.1. The highest BCUT2D eigenvalue weighted by Gasteiger charge is 2.23. The number of benzene rings is 2. The predicted octanol–water partition coefficient (Wildman–Crippen LogP) is 6.46. The van der Waals surface area contributed by atoms with Crippen LogP contribution in [0, 0.1) is 0 Å². The van der Waals surface area contributed by atoms with Gasteiger partial charge in [0.2, 0.25) is 0 Å². The molecule has 0 spiro atoms. The largest absolute Gasteiger partial charge is 0.335 e. The SMILES string of the molecule is CCCCc1ccc(-c2ccc(CP(=O)(OCC)OCC)cc2)cc1. The molecule has 0 aliphatic heterocycles. The second-order valence-corrected chi connectivity index (χ2v) is 8.16. The molecular weight excluding hydrogens is 331 g/mol. The van der Waals surface area contributed by atoms with Crippen molar-refractivity contribution in [1.82, 2.24) is 0 Å². The average molecular weight is 360 g/mol. The topological polar surface area (TPSA) is 35.5 Å². The molecule has 0 atom stereocenters. The smallest absolute Gasteiger partial charge is 0.309 e. The van der Waals surface area contributed by atoms with Gasteiger partial charge >= 0.3 is 7.60 Å². The lowest BCUT2D eigenvalue weighted by Gasteiger charge is -2.17. The number of unbranched alkanes of at least 4 members (excludes halogenated alkanes) is 1. The van der Waals surface area contributed by atoms with Crippen LogP contribution in [0.4, 0.5) is 0 Å². The summed E-state index contributed by atoms with van der Waals surface area (Å²) < 4.78 is 23.4. The van der Waals surface area contributed by atoms with Gasteiger partial charge in [-0.05, 0) is 48.9 Å². The summed E-state index contributed by atoms with van der Waals surface area (Å²) in [5.74, 6) is 0. The Morgan fingerprint density at radius 3 is 1.68 bits per heavy atom. The molecule has 4 heteroatoms. The van der Waals surface area contributed by atoms with Gasteiger partial charge in [-0.2, -0.15) is 0 Å². The summed E-state index contributed by atoms with van der Waals surface area (Å²) in [7, 11) is -3.05. The standard InChI is InChI=1S/C21H29O3P/c1-4-7-8-18-9-13-20(14-10-18)21-15-11-19(12-16-21)17-25(22,23-5-2)24-6-3/h9-16H,4-8,17H2,1-3H3. The first-order valence-corrected chi connectivity index (χ1v) is 10.9. The summed E-state index contributed by atoms with van der Waals surface area (Å²) in [6.07, 6.45) is 3.90.